The molecular formula is C16H24FNS. The van der Waals surface area contributed by atoms with Crippen LogP contribution in [0.25, 0.3) is 0 Å². The minimum atomic E-state index is -0.0743. The molecule has 1 nitrogen and oxygen atoms in total. The van der Waals surface area contributed by atoms with Crippen molar-refractivity contribution in [3.05, 3.63) is 29.6 Å². The highest BCUT2D eigenvalue weighted by molar-refractivity contribution is 8.00. The van der Waals surface area contributed by atoms with E-state index >= 15 is 0 Å². The fourth-order valence-electron chi connectivity index (χ4n) is 2.74. The summed E-state index contributed by atoms with van der Waals surface area (Å²) in [5, 5.41) is 3.90. The highest BCUT2D eigenvalue weighted by Crippen LogP contribution is 2.37. The zero-order chi connectivity index (χ0) is 13.7. The van der Waals surface area contributed by atoms with Crippen LogP contribution < -0.4 is 5.32 Å². The van der Waals surface area contributed by atoms with Crippen LogP contribution in [-0.2, 0) is 6.54 Å². The summed E-state index contributed by atoms with van der Waals surface area (Å²) in [6.07, 6.45) is 5.20. The lowest BCUT2D eigenvalue weighted by molar-refractivity contribution is 0.394. The van der Waals surface area contributed by atoms with E-state index in [0.29, 0.717) is 11.8 Å². The van der Waals surface area contributed by atoms with Gasteiger partial charge in [0.15, 0.2) is 0 Å². The molecule has 1 aromatic carbocycles. The second-order valence-electron chi connectivity index (χ2n) is 5.51. The van der Waals surface area contributed by atoms with Gasteiger partial charge in [0.2, 0.25) is 0 Å². The number of hydrogen-bond donors (Lipinski definition) is 1. The summed E-state index contributed by atoms with van der Waals surface area (Å²) in [5.41, 5.74) is 0.840. The minimum Gasteiger partial charge on any atom is -0.313 e. The van der Waals surface area contributed by atoms with Gasteiger partial charge in [-0.1, -0.05) is 32.8 Å². The summed E-state index contributed by atoms with van der Waals surface area (Å²) in [4.78, 5) is 1.13. The Kier molecular flexibility index (Phi) is 5.71. The molecule has 1 aromatic rings. The quantitative estimate of drug-likeness (QED) is 0.846. The average Bonchev–Trinajstić information content (AvgIpc) is 2.38. The van der Waals surface area contributed by atoms with Crippen molar-refractivity contribution in [2.24, 2.45) is 5.92 Å². The summed E-state index contributed by atoms with van der Waals surface area (Å²) in [5.74, 6) is 0.742. The van der Waals surface area contributed by atoms with E-state index in [1.54, 1.807) is 6.07 Å². The first-order chi connectivity index (χ1) is 9.20. The Bertz CT molecular complexity index is 408. The lowest BCUT2D eigenvalue weighted by atomic mass is 9.91. The molecule has 0 saturated heterocycles. The second kappa shape index (κ2) is 7.30. The number of thioether (sulfide) groups is 1. The van der Waals surface area contributed by atoms with Crippen LogP contribution in [-0.4, -0.2) is 11.8 Å². The molecule has 106 valence electrons. The van der Waals surface area contributed by atoms with Gasteiger partial charge in [-0.2, -0.15) is 0 Å². The molecular weight excluding hydrogens is 257 g/mol. The molecule has 2 atom stereocenters. The van der Waals surface area contributed by atoms with Gasteiger partial charge >= 0.3 is 0 Å². The van der Waals surface area contributed by atoms with Crippen molar-refractivity contribution in [3.63, 3.8) is 0 Å². The molecule has 2 unspecified atom stereocenters. The van der Waals surface area contributed by atoms with Gasteiger partial charge in [0.05, 0.1) is 0 Å². The van der Waals surface area contributed by atoms with E-state index in [0.717, 1.165) is 22.9 Å². The smallest absolute Gasteiger partial charge is 0.128 e. The molecule has 0 aliphatic heterocycles. The van der Waals surface area contributed by atoms with Gasteiger partial charge in [0.1, 0.15) is 5.82 Å². The zero-order valence-corrected chi connectivity index (χ0v) is 12.7. The van der Waals surface area contributed by atoms with Crippen LogP contribution in [0.3, 0.4) is 0 Å². The lowest BCUT2D eigenvalue weighted by Crippen LogP contribution is -2.17. The number of halogens is 1. The molecule has 0 bridgehead atoms. The van der Waals surface area contributed by atoms with Crippen molar-refractivity contribution in [2.75, 3.05) is 6.54 Å². The standard InChI is InChI=1S/C16H24FNS/c1-3-18-11-14-15(17)8-5-9-16(14)19-13-7-4-6-12(2)10-13/h5,8-9,12-13,18H,3-4,6-7,10-11H2,1-2H3. The Hall–Kier alpha value is -0.540. The van der Waals surface area contributed by atoms with Crippen LogP contribution in [0.15, 0.2) is 23.1 Å². The van der Waals surface area contributed by atoms with Gasteiger partial charge in [-0.3, -0.25) is 0 Å². The van der Waals surface area contributed by atoms with Gasteiger partial charge in [-0.05, 0) is 37.4 Å². The normalized spacial score (nSPS) is 23.5. The molecule has 1 N–H and O–H groups in total. The van der Waals surface area contributed by atoms with E-state index in [1.807, 2.05) is 17.8 Å². The Labute approximate surface area is 120 Å². The Morgan fingerprint density at radius 2 is 2.21 bits per heavy atom. The molecule has 0 spiro atoms. The first-order valence-corrected chi connectivity index (χ1v) is 8.23. The Morgan fingerprint density at radius 3 is 2.95 bits per heavy atom. The van der Waals surface area contributed by atoms with Crippen molar-refractivity contribution in [2.45, 2.75) is 56.2 Å². The average molecular weight is 281 g/mol. The molecule has 2 rings (SSSR count). The van der Waals surface area contributed by atoms with Crippen molar-refractivity contribution in [1.82, 2.24) is 5.32 Å². The summed E-state index contributed by atoms with van der Waals surface area (Å²) in [6, 6.07) is 5.47. The monoisotopic (exact) mass is 281 g/mol. The third-order valence-corrected chi connectivity index (χ3v) is 5.21. The van der Waals surface area contributed by atoms with Gasteiger partial charge < -0.3 is 5.32 Å². The van der Waals surface area contributed by atoms with Crippen LogP contribution in [0.1, 0.15) is 45.1 Å². The molecule has 1 aliphatic carbocycles. The van der Waals surface area contributed by atoms with Crippen molar-refractivity contribution in [1.29, 1.82) is 0 Å². The van der Waals surface area contributed by atoms with Crippen molar-refractivity contribution < 1.29 is 4.39 Å². The molecule has 3 heteroatoms. The first kappa shape index (κ1) is 14.9. The van der Waals surface area contributed by atoms with E-state index in [9.17, 15) is 4.39 Å². The summed E-state index contributed by atoms with van der Waals surface area (Å²) in [6.45, 7) is 5.89. The van der Waals surface area contributed by atoms with Crippen molar-refractivity contribution in [3.8, 4) is 0 Å². The third-order valence-electron chi connectivity index (χ3n) is 3.81. The van der Waals surface area contributed by atoms with Crippen LogP contribution >= 0.6 is 11.8 Å². The van der Waals surface area contributed by atoms with Gasteiger partial charge in [-0.15, -0.1) is 11.8 Å². The number of nitrogens with one attached hydrogen (secondary N) is 1. The first-order valence-electron chi connectivity index (χ1n) is 7.35. The summed E-state index contributed by atoms with van der Waals surface area (Å²) < 4.78 is 14.0. The van der Waals surface area contributed by atoms with Gasteiger partial charge in [0, 0.05) is 22.3 Å². The molecule has 0 aromatic heterocycles. The van der Waals surface area contributed by atoms with E-state index in [4.69, 9.17) is 0 Å². The predicted molar refractivity (Wildman–Crippen MR) is 81.1 cm³/mol. The van der Waals surface area contributed by atoms with Crippen LogP contribution in [0.5, 0.6) is 0 Å². The minimum absolute atomic E-state index is 0.0743. The molecule has 0 heterocycles. The predicted octanol–water partition coefficient (Wildman–Crippen LogP) is 4.61. The van der Waals surface area contributed by atoms with E-state index in [-0.39, 0.29) is 5.82 Å². The molecule has 1 saturated carbocycles. The van der Waals surface area contributed by atoms with Gasteiger partial charge in [0.25, 0.3) is 0 Å². The Balaban J connectivity index is 2.08. The Morgan fingerprint density at radius 1 is 1.37 bits per heavy atom. The van der Waals surface area contributed by atoms with Crippen LogP contribution in [0.4, 0.5) is 4.39 Å². The van der Waals surface area contributed by atoms with E-state index in [2.05, 4.69) is 25.2 Å². The highest BCUT2D eigenvalue weighted by Gasteiger charge is 2.21. The van der Waals surface area contributed by atoms with Crippen LogP contribution in [0.2, 0.25) is 0 Å². The maximum Gasteiger partial charge on any atom is 0.128 e. The summed E-state index contributed by atoms with van der Waals surface area (Å²) in [7, 11) is 0. The van der Waals surface area contributed by atoms with E-state index in [1.165, 1.54) is 25.7 Å². The fourth-order valence-corrected chi connectivity index (χ4v) is 4.27. The number of benzene rings is 1. The fraction of sp³-hybridized carbons (Fsp3) is 0.625. The maximum atomic E-state index is 14.0. The maximum absolute atomic E-state index is 14.0. The molecule has 1 aliphatic rings. The summed E-state index contributed by atoms with van der Waals surface area (Å²) >= 11 is 1.88. The van der Waals surface area contributed by atoms with Crippen molar-refractivity contribution >= 4 is 11.8 Å². The molecule has 0 radical (unpaired) electrons. The number of hydrogen-bond acceptors (Lipinski definition) is 2. The highest BCUT2D eigenvalue weighted by atomic mass is 32.2. The van der Waals surface area contributed by atoms with Crippen LogP contribution in [0, 0.1) is 11.7 Å². The number of rotatable bonds is 5. The largest absolute Gasteiger partial charge is 0.313 e. The molecule has 0 amide bonds. The lowest BCUT2D eigenvalue weighted by Gasteiger charge is -2.27. The molecule has 1 fully saturated rings. The zero-order valence-electron chi connectivity index (χ0n) is 11.9. The molecule has 19 heavy (non-hydrogen) atoms. The third kappa shape index (κ3) is 4.22. The van der Waals surface area contributed by atoms with E-state index < -0.39 is 0 Å². The second-order valence-corrected chi connectivity index (χ2v) is 6.85. The SMILES string of the molecule is CCNCc1c(F)cccc1SC1CCCC(C)C1. The topological polar surface area (TPSA) is 12.0 Å². The van der Waals surface area contributed by atoms with Gasteiger partial charge in [-0.25, -0.2) is 4.39 Å².